The van der Waals surface area contributed by atoms with Crippen LogP contribution in [0.4, 0.5) is 17.1 Å². The molecule has 0 saturated heterocycles. The van der Waals surface area contributed by atoms with Crippen LogP contribution in [-0.4, -0.2) is 25.8 Å². The Morgan fingerprint density at radius 2 is 1.84 bits per heavy atom. The first-order chi connectivity index (χ1) is 18.0. The molecule has 0 spiro atoms. The number of thiophene rings is 1. The fraction of sp³-hybridized carbons (Fsp3) is 0.0741. The monoisotopic (exact) mass is 510 g/mol. The predicted molar refractivity (Wildman–Crippen MR) is 144 cm³/mol. The van der Waals surface area contributed by atoms with Crippen molar-refractivity contribution in [1.29, 1.82) is 0 Å². The van der Waals surface area contributed by atoms with Crippen LogP contribution in [0.15, 0.2) is 90.4 Å². The second kappa shape index (κ2) is 10.4. The van der Waals surface area contributed by atoms with Gasteiger partial charge in [-0.2, -0.15) is 0 Å². The number of nitro benzene ring substituents is 1. The van der Waals surface area contributed by atoms with E-state index in [1.165, 1.54) is 6.07 Å². The zero-order valence-corrected chi connectivity index (χ0v) is 20.4. The lowest BCUT2D eigenvalue weighted by molar-refractivity contribution is -0.384. The smallest absolute Gasteiger partial charge is 0.269 e. The first-order valence-corrected chi connectivity index (χ1v) is 12.3. The van der Waals surface area contributed by atoms with Crippen molar-refractivity contribution in [2.24, 2.45) is 0 Å². The van der Waals surface area contributed by atoms with Crippen molar-refractivity contribution in [1.82, 2.24) is 15.0 Å². The highest BCUT2D eigenvalue weighted by atomic mass is 32.1. The number of nitrogens with two attached hydrogens (primary N) is 1. The molecule has 0 atom stereocenters. The molecule has 0 fully saturated rings. The molecular weight excluding hydrogens is 488 g/mol. The Morgan fingerprint density at radius 3 is 2.59 bits per heavy atom. The zero-order valence-electron chi connectivity index (χ0n) is 19.6. The van der Waals surface area contributed by atoms with Gasteiger partial charge in [-0.15, -0.1) is 16.4 Å². The SMILES string of the molecule is Nc1ccc(-c2cccs2)cc1NC(=O)c1ccc(-c2cn(CCc3cccc([N+](=O)[O-])c3)nn2)cc1. The number of hydrogen-bond acceptors (Lipinski definition) is 7. The zero-order chi connectivity index (χ0) is 25.8. The summed E-state index contributed by atoms with van der Waals surface area (Å²) in [6.45, 7) is 0.528. The second-order valence-electron chi connectivity index (χ2n) is 8.35. The number of aryl methyl sites for hydroxylation is 2. The molecule has 3 N–H and O–H groups in total. The number of benzene rings is 3. The largest absolute Gasteiger partial charge is 0.397 e. The minimum absolute atomic E-state index is 0.0683. The number of carbonyl (C=O) groups excluding carboxylic acids is 1. The summed E-state index contributed by atoms with van der Waals surface area (Å²) < 4.78 is 1.69. The van der Waals surface area contributed by atoms with Crippen molar-refractivity contribution in [3.05, 3.63) is 112 Å². The molecule has 0 aliphatic carbocycles. The Kier molecular flexibility index (Phi) is 6.73. The molecule has 2 heterocycles. The van der Waals surface area contributed by atoms with E-state index in [4.69, 9.17) is 5.73 Å². The molecule has 5 rings (SSSR count). The molecule has 0 radical (unpaired) electrons. The summed E-state index contributed by atoms with van der Waals surface area (Å²) in [5.74, 6) is -0.262. The van der Waals surface area contributed by atoms with Gasteiger partial charge in [0.05, 0.1) is 22.5 Å². The Bertz CT molecular complexity index is 1560. The molecular formula is C27H22N6O3S. The highest BCUT2D eigenvalue weighted by Gasteiger charge is 2.12. The van der Waals surface area contributed by atoms with Crippen LogP contribution in [0.5, 0.6) is 0 Å². The number of non-ortho nitro benzene ring substituents is 1. The summed E-state index contributed by atoms with van der Waals surface area (Å²) in [5.41, 5.74) is 11.0. The highest BCUT2D eigenvalue weighted by Crippen LogP contribution is 2.30. The van der Waals surface area contributed by atoms with Gasteiger partial charge < -0.3 is 11.1 Å². The molecule has 37 heavy (non-hydrogen) atoms. The van der Waals surface area contributed by atoms with E-state index in [1.54, 1.807) is 46.4 Å². The maximum atomic E-state index is 12.9. The van der Waals surface area contributed by atoms with Crippen molar-refractivity contribution in [2.45, 2.75) is 13.0 Å². The first kappa shape index (κ1) is 23.9. The molecule has 0 aliphatic rings. The number of nitrogen functional groups attached to an aromatic ring is 1. The second-order valence-corrected chi connectivity index (χ2v) is 9.30. The van der Waals surface area contributed by atoms with Gasteiger partial charge in [-0.25, -0.2) is 0 Å². The van der Waals surface area contributed by atoms with E-state index in [2.05, 4.69) is 15.6 Å². The lowest BCUT2D eigenvalue weighted by atomic mass is 10.1. The predicted octanol–water partition coefficient (Wildman–Crippen LogP) is 5.66. The molecule has 9 nitrogen and oxygen atoms in total. The van der Waals surface area contributed by atoms with E-state index in [0.29, 0.717) is 35.6 Å². The van der Waals surface area contributed by atoms with E-state index in [0.717, 1.165) is 21.6 Å². The van der Waals surface area contributed by atoms with E-state index in [1.807, 2.05) is 54.0 Å². The van der Waals surface area contributed by atoms with E-state index < -0.39 is 4.92 Å². The van der Waals surface area contributed by atoms with Crippen LogP contribution in [-0.2, 0) is 13.0 Å². The molecule has 0 aliphatic heterocycles. The average molecular weight is 511 g/mol. The van der Waals surface area contributed by atoms with E-state index >= 15 is 0 Å². The van der Waals surface area contributed by atoms with Crippen LogP contribution in [0.2, 0.25) is 0 Å². The van der Waals surface area contributed by atoms with Crippen molar-refractivity contribution < 1.29 is 9.72 Å². The van der Waals surface area contributed by atoms with Gasteiger partial charge in [0.1, 0.15) is 5.69 Å². The Balaban J connectivity index is 1.23. The Labute approximate surface area is 216 Å². The summed E-state index contributed by atoms with van der Waals surface area (Å²) >= 11 is 1.62. The molecule has 5 aromatic rings. The average Bonchev–Trinajstić information content (AvgIpc) is 3.62. The third-order valence-corrected chi connectivity index (χ3v) is 6.76. The normalized spacial score (nSPS) is 10.8. The van der Waals surface area contributed by atoms with Gasteiger partial charge in [0.15, 0.2) is 0 Å². The number of amides is 1. The standard InChI is InChI=1S/C27H22N6O3S/c28-23-11-10-21(26-5-2-14-37-26)16-24(23)29-27(34)20-8-6-19(7-9-20)25-17-32(31-30-25)13-12-18-3-1-4-22(15-18)33(35)36/h1-11,14-17H,12-13,28H2,(H,29,34). The van der Waals surface area contributed by atoms with E-state index in [9.17, 15) is 14.9 Å². The number of rotatable bonds is 8. The van der Waals surface area contributed by atoms with Gasteiger partial charge in [-0.1, -0.05) is 41.6 Å². The van der Waals surface area contributed by atoms with Crippen LogP contribution in [0.1, 0.15) is 15.9 Å². The number of nitrogens with zero attached hydrogens (tertiary/aromatic N) is 4. The number of carbonyl (C=O) groups is 1. The van der Waals surface area contributed by atoms with Gasteiger partial charge in [-0.3, -0.25) is 19.6 Å². The third kappa shape index (κ3) is 5.54. The fourth-order valence-electron chi connectivity index (χ4n) is 3.86. The number of hydrogen-bond donors (Lipinski definition) is 2. The van der Waals surface area contributed by atoms with Gasteiger partial charge in [0.2, 0.25) is 0 Å². The van der Waals surface area contributed by atoms with Crippen molar-refractivity contribution in [3.63, 3.8) is 0 Å². The number of aromatic nitrogens is 3. The van der Waals surface area contributed by atoms with E-state index in [-0.39, 0.29) is 11.6 Å². The van der Waals surface area contributed by atoms with Gasteiger partial charge >= 0.3 is 0 Å². The van der Waals surface area contributed by atoms with Crippen molar-refractivity contribution in [3.8, 4) is 21.7 Å². The first-order valence-electron chi connectivity index (χ1n) is 11.4. The highest BCUT2D eigenvalue weighted by molar-refractivity contribution is 7.13. The Morgan fingerprint density at radius 1 is 1.03 bits per heavy atom. The minimum atomic E-state index is -0.405. The van der Waals surface area contributed by atoms with Crippen LogP contribution >= 0.6 is 11.3 Å². The summed E-state index contributed by atoms with van der Waals surface area (Å²) in [7, 11) is 0. The van der Waals surface area contributed by atoms with Crippen LogP contribution in [0.3, 0.4) is 0 Å². The lowest BCUT2D eigenvalue weighted by Gasteiger charge is -2.10. The summed E-state index contributed by atoms with van der Waals surface area (Å²) in [4.78, 5) is 24.5. The molecule has 0 unspecified atom stereocenters. The Hall–Kier alpha value is -4.83. The molecule has 0 saturated carbocycles. The van der Waals surface area contributed by atoms with Gasteiger partial charge in [0, 0.05) is 34.7 Å². The maximum Gasteiger partial charge on any atom is 0.269 e. The minimum Gasteiger partial charge on any atom is -0.397 e. The van der Waals surface area contributed by atoms with Crippen LogP contribution in [0.25, 0.3) is 21.7 Å². The topological polar surface area (TPSA) is 129 Å². The molecule has 1 amide bonds. The van der Waals surface area contributed by atoms with Gasteiger partial charge in [0.25, 0.3) is 11.6 Å². The molecule has 2 aromatic heterocycles. The van der Waals surface area contributed by atoms with Gasteiger partial charge in [-0.05, 0) is 53.3 Å². The molecule has 3 aromatic carbocycles. The summed E-state index contributed by atoms with van der Waals surface area (Å²) in [6.07, 6.45) is 2.39. The summed E-state index contributed by atoms with van der Waals surface area (Å²) in [6, 6.07) is 23.2. The number of nitrogens with one attached hydrogen (secondary N) is 1. The molecule has 0 bridgehead atoms. The third-order valence-electron chi connectivity index (χ3n) is 5.84. The summed E-state index contributed by atoms with van der Waals surface area (Å²) in [5, 5.41) is 24.2. The van der Waals surface area contributed by atoms with Crippen molar-refractivity contribution in [2.75, 3.05) is 11.1 Å². The number of nitro groups is 1. The fourth-order valence-corrected chi connectivity index (χ4v) is 4.58. The van der Waals surface area contributed by atoms with Crippen LogP contribution < -0.4 is 11.1 Å². The quantitative estimate of drug-likeness (QED) is 0.157. The lowest BCUT2D eigenvalue weighted by Crippen LogP contribution is -2.13. The van der Waals surface area contributed by atoms with Crippen LogP contribution in [0, 0.1) is 10.1 Å². The molecule has 10 heteroatoms. The van der Waals surface area contributed by atoms with Crippen molar-refractivity contribution >= 4 is 34.3 Å². The maximum absolute atomic E-state index is 12.9. The number of anilines is 2. The molecule has 184 valence electrons.